The molecule has 0 radical (unpaired) electrons. The fraction of sp³-hybridized carbons (Fsp3) is 0.391. The number of hydrogen-bond acceptors (Lipinski definition) is 4. The van der Waals surface area contributed by atoms with Crippen molar-refractivity contribution in [2.45, 2.75) is 45.9 Å². The first kappa shape index (κ1) is 21.0. The van der Waals surface area contributed by atoms with Crippen LogP contribution < -0.4 is 10.6 Å². The van der Waals surface area contributed by atoms with Gasteiger partial charge in [0, 0.05) is 43.0 Å². The van der Waals surface area contributed by atoms with Crippen LogP contribution in [0.4, 0.5) is 11.4 Å². The van der Waals surface area contributed by atoms with E-state index in [4.69, 9.17) is 4.74 Å². The number of nitrogens with zero attached hydrogens (tertiary/aromatic N) is 1. The van der Waals surface area contributed by atoms with Gasteiger partial charge in [-0.15, -0.1) is 0 Å². The molecule has 1 fully saturated rings. The van der Waals surface area contributed by atoms with Gasteiger partial charge in [-0.2, -0.15) is 0 Å². The molecular weight excluding hydrogens is 366 g/mol. The number of carbonyl (C=O) groups is 2. The summed E-state index contributed by atoms with van der Waals surface area (Å²) in [6.07, 6.45) is 0.883. The van der Waals surface area contributed by atoms with Crippen molar-refractivity contribution >= 4 is 23.2 Å². The number of ether oxygens (including phenoxy) is 1. The predicted molar refractivity (Wildman–Crippen MR) is 115 cm³/mol. The van der Waals surface area contributed by atoms with E-state index in [-0.39, 0.29) is 24.0 Å². The summed E-state index contributed by atoms with van der Waals surface area (Å²) in [4.78, 5) is 26.5. The molecule has 2 unspecified atom stereocenters. The van der Waals surface area contributed by atoms with Crippen molar-refractivity contribution in [1.29, 1.82) is 0 Å². The predicted octanol–water partition coefficient (Wildman–Crippen LogP) is 3.90. The lowest BCUT2D eigenvalue weighted by molar-refractivity contribution is -0.115. The van der Waals surface area contributed by atoms with Gasteiger partial charge in [0.1, 0.15) is 0 Å². The molecule has 2 atom stereocenters. The average Bonchev–Trinajstić information content (AvgIpc) is 2.68. The van der Waals surface area contributed by atoms with Gasteiger partial charge in [-0.3, -0.25) is 14.5 Å². The molecule has 0 saturated carbocycles. The van der Waals surface area contributed by atoms with E-state index in [0.717, 1.165) is 19.6 Å². The van der Waals surface area contributed by atoms with Crippen LogP contribution in [0.1, 0.15) is 43.1 Å². The van der Waals surface area contributed by atoms with Gasteiger partial charge in [0.05, 0.1) is 12.2 Å². The molecule has 1 aliphatic heterocycles. The Kier molecular flexibility index (Phi) is 7.01. The van der Waals surface area contributed by atoms with Gasteiger partial charge >= 0.3 is 0 Å². The zero-order valence-electron chi connectivity index (χ0n) is 17.3. The molecule has 0 bridgehead atoms. The van der Waals surface area contributed by atoms with E-state index in [0.29, 0.717) is 23.4 Å². The van der Waals surface area contributed by atoms with Gasteiger partial charge in [-0.25, -0.2) is 0 Å². The number of morpholine rings is 1. The molecule has 0 aliphatic carbocycles. The highest BCUT2D eigenvalue weighted by Crippen LogP contribution is 2.18. The second kappa shape index (κ2) is 9.67. The molecule has 1 heterocycles. The standard InChI is InChI=1S/C23H29N3O3/c1-4-22(27)24-20-6-5-7-21(12-20)25-23(28)19-10-8-18(9-11-19)15-26-13-16(2)29-17(3)14-26/h5-12,16-17H,4,13-15H2,1-3H3,(H,24,27)(H,25,28). The van der Waals surface area contributed by atoms with Crippen LogP contribution in [0.15, 0.2) is 48.5 Å². The normalized spacial score (nSPS) is 19.6. The number of carbonyl (C=O) groups excluding carboxylic acids is 2. The third-order valence-corrected chi connectivity index (χ3v) is 4.84. The van der Waals surface area contributed by atoms with Crippen LogP contribution in [0.2, 0.25) is 0 Å². The molecule has 2 aromatic rings. The SMILES string of the molecule is CCC(=O)Nc1cccc(NC(=O)c2ccc(CN3CC(C)OC(C)C3)cc2)c1. The summed E-state index contributed by atoms with van der Waals surface area (Å²) >= 11 is 0. The van der Waals surface area contributed by atoms with Crippen LogP contribution in [0.25, 0.3) is 0 Å². The minimum absolute atomic E-state index is 0.0619. The topological polar surface area (TPSA) is 70.7 Å². The van der Waals surface area contributed by atoms with Crippen molar-refractivity contribution in [3.05, 3.63) is 59.7 Å². The average molecular weight is 396 g/mol. The van der Waals surface area contributed by atoms with Crippen LogP contribution in [-0.4, -0.2) is 42.0 Å². The lowest BCUT2D eigenvalue weighted by atomic mass is 10.1. The van der Waals surface area contributed by atoms with Crippen molar-refractivity contribution in [3.8, 4) is 0 Å². The second-order valence-corrected chi connectivity index (χ2v) is 7.58. The summed E-state index contributed by atoms with van der Waals surface area (Å²) in [7, 11) is 0. The number of anilines is 2. The number of benzene rings is 2. The smallest absolute Gasteiger partial charge is 0.255 e. The van der Waals surface area contributed by atoms with Gasteiger partial charge in [-0.1, -0.05) is 25.1 Å². The van der Waals surface area contributed by atoms with E-state index < -0.39 is 0 Å². The Labute approximate surface area is 172 Å². The summed E-state index contributed by atoms with van der Waals surface area (Å²) in [5.41, 5.74) is 3.08. The van der Waals surface area contributed by atoms with E-state index in [1.165, 1.54) is 5.56 Å². The molecule has 29 heavy (non-hydrogen) atoms. The van der Waals surface area contributed by atoms with Gasteiger partial charge in [0.25, 0.3) is 5.91 Å². The Balaban J connectivity index is 1.59. The van der Waals surface area contributed by atoms with E-state index in [1.807, 2.05) is 24.3 Å². The Morgan fingerprint density at radius 3 is 2.24 bits per heavy atom. The van der Waals surface area contributed by atoms with Crippen molar-refractivity contribution in [1.82, 2.24) is 4.90 Å². The third-order valence-electron chi connectivity index (χ3n) is 4.84. The first-order valence-electron chi connectivity index (χ1n) is 10.1. The Morgan fingerprint density at radius 2 is 1.62 bits per heavy atom. The van der Waals surface area contributed by atoms with Crippen molar-refractivity contribution in [2.75, 3.05) is 23.7 Å². The highest BCUT2D eigenvalue weighted by molar-refractivity contribution is 6.04. The molecule has 2 N–H and O–H groups in total. The van der Waals surface area contributed by atoms with Gasteiger partial charge < -0.3 is 15.4 Å². The molecule has 1 aliphatic rings. The van der Waals surface area contributed by atoms with Gasteiger partial charge in [-0.05, 0) is 49.7 Å². The molecular formula is C23H29N3O3. The Hall–Kier alpha value is -2.70. The fourth-order valence-corrected chi connectivity index (χ4v) is 3.56. The summed E-state index contributed by atoms with van der Waals surface area (Å²) < 4.78 is 5.78. The zero-order valence-corrected chi connectivity index (χ0v) is 17.3. The van der Waals surface area contributed by atoms with Crippen molar-refractivity contribution in [2.24, 2.45) is 0 Å². The van der Waals surface area contributed by atoms with E-state index in [9.17, 15) is 9.59 Å². The first-order valence-corrected chi connectivity index (χ1v) is 10.1. The molecule has 1 saturated heterocycles. The molecule has 6 heteroatoms. The van der Waals surface area contributed by atoms with E-state index >= 15 is 0 Å². The highest BCUT2D eigenvalue weighted by atomic mass is 16.5. The van der Waals surface area contributed by atoms with Gasteiger partial charge in [0.15, 0.2) is 0 Å². The maximum absolute atomic E-state index is 12.6. The molecule has 0 spiro atoms. The highest BCUT2D eigenvalue weighted by Gasteiger charge is 2.22. The molecule has 3 rings (SSSR count). The quantitative estimate of drug-likeness (QED) is 0.778. The third kappa shape index (κ3) is 6.14. The summed E-state index contributed by atoms with van der Waals surface area (Å²) in [5.74, 6) is -0.239. The van der Waals surface area contributed by atoms with E-state index in [1.54, 1.807) is 31.2 Å². The molecule has 0 aromatic heterocycles. The minimum atomic E-state index is -0.177. The van der Waals surface area contributed by atoms with Crippen LogP contribution in [0.3, 0.4) is 0 Å². The number of amides is 2. The van der Waals surface area contributed by atoms with Crippen LogP contribution in [0.5, 0.6) is 0 Å². The van der Waals surface area contributed by atoms with Crippen molar-refractivity contribution < 1.29 is 14.3 Å². The van der Waals surface area contributed by atoms with Crippen molar-refractivity contribution in [3.63, 3.8) is 0 Å². The zero-order chi connectivity index (χ0) is 20.8. The van der Waals surface area contributed by atoms with Crippen LogP contribution in [-0.2, 0) is 16.1 Å². The number of rotatable bonds is 6. The fourth-order valence-electron chi connectivity index (χ4n) is 3.56. The first-order chi connectivity index (χ1) is 13.9. The molecule has 154 valence electrons. The van der Waals surface area contributed by atoms with Crippen LogP contribution in [0, 0.1) is 0 Å². The second-order valence-electron chi connectivity index (χ2n) is 7.58. The summed E-state index contributed by atoms with van der Waals surface area (Å²) in [6, 6.07) is 14.8. The maximum Gasteiger partial charge on any atom is 0.255 e. The van der Waals surface area contributed by atoms with E-state index in [2.05, 4.69) is 29.4 Å². The largest absolute Gasteiger partial charge is 0.373 e. The van der Waals surface area contributed by atoms with Crippen LogP contribution >= 0.6 is 0 Å². The molecule has 2 aromatic carbocycles. The van der Waals surface area contributed by atoms with Gasteiger partial charge in [0.2, 0.25) is 5.91 Å². The Bertz CT molecular complexity index is 841. The maximum atomic E-state index is 12.6. The molecule has 6 nitrogen and oxygen atoms in total. The monoisotopic (exact) mass is 395 g/mol. The Morgan fingerprint density at radius 1 is 1.00 bits per heavy atom. The number of nitrogens with one attached hydrogen (secondary N) is 2. The number of hydrogen-bond donors (Lipinski definition) is 2. The minimum Gasteiger partial charge on any atom is -0.373 e. The summed E-state index contributed by atoms with van der Waals surface area (Å²) in [6.45, 7) is 8.66. The lowest BCUT2D eigenvalue weighted by Gasteiger charge is -2.35. The molecule has 2 amide bonds. The summed E-state index contributed by atoms with van der Waals surface area (Å²) in [5, 5.41) is 5.68. The lowest BCUT2D eigenvalue weighted by Crippen LogP contribution is -2.44.